The van der Waals surface area contributed by atoms with Crippen molar-refractivity contribution in [2.24, 2.45) is 0 Å². The molecule has 0 radical (unpaired) electrons. The van der Waals surface area contributed by atoms with Crippen molar-refractivity contribution in [3.63, 3.8) is 0 Å². The molecule has 0 unspecified atom stereocenters. The van der Waals surface area contributed by atoms with Crippen LogP contribution in [0.25, 0.3) is 0 Å². The smallest absolute Gasteiger partial charge is 0.343 e. The zero-order valence-corrected chi connectivity index (χ0v) is 8.19. The summed E-state index contributed by atoms with van der Waals surface area (Å²) in [6.45, 7) is 0. The Bertz CT molecular complexity index is 433. The highest BCUT2D eigenvalue weighted by Gasteiger charge is 2.25. The van der Waals surface area contributed by atoms with E-state index < -0.39 is 11.5 Å². The van der Waals surface area contributed by atoms with E-state index in [0.29, 0.717) is 5.69 Å². The van der Waals surface area contributed by atoms with Crippen LogP contribution in [-0.4, -0.2) is 21.0 Å². The highest BCUT2D eigenvalue weighted by atomic mass is 16.4. The quantitative estimate of drug-likeness (QED) is 0.763. The lowest BCUT2D eigenvalue weighted by molar-refractivity contribution is 0.0692. The molecule has 2 N–H and O–H groups in total. The van der Waals surface area contributed by atoms with Crippen LogP contribution >= 0.6 is 0 Å². The topological polar surface area (TPSA) is 83.0 Å². The van der Waals surface area contributed by atoms with E-state index in [0.717, 1.165) is 25.7 Å². The number of carboxylic acids is 1. The van der Waals surface area contributed by atoms with Crippen molar-refractivity contribution < 1.29 is 9.90 Å². The number of aromatic nitrogens is 2. The lowest BCUT2D eigenvalue weighted by Crippen LogP contribution is -2.22. The molecule has 0 amide bonds. The highest BCUT2D eigenvalue weighted by molar-refractivity contribution is 5.88. The summed E-state index contributed by atoms with van der Waals surface area (Å²) in [6, 6.07) is 0. The number of aromatic carboxylic acids is 1. The first-order valence-electron chi connectivity index (χ1n) is 5.01. The fraction of sp³-hybridized carbons (Fsp3) is 0.500. The highest BCUT2D eigenvalue weighted by Crippen LogP contribution is 2.33. The average Bonchev–Trinajstić information content (AvgIpc) is 2.69. The summed E-state index contributed by atoms with van der Waals surface area (Å²) in [7, 11) is 0. The van der Waals surface area contributed by atoms with E-state index in [2.05, 4.69) is 9.97 Å². The average molecular weight is 208 g/mol. The zero-order chi connectivity index (χ0) is 10.8. The Labute approximate surface area is 86.2 Å². The van der Waals surface area contributed by atoms with Crippen LogP contribution in [0.5, 0.6) is 0 Å². The van der Waals surface area contributed by atoms with E-state index in [1.807, 2.05) is 0 Å². The van der Waals surface area contributed by atoms with Crippen molar-refractivity contribution in [2.45, 2.75) is 31.6 Å². The maximum atomic E-state index is 11.4. The van der Waals surface area contributed by atoms with Gasteiger partial charge in [-0.2, -0.15) is 0 Å². The van der Waals surface area contributed by atoms with Gasteiger partial charge in [-0.05, 0) is 12.8 Å². The first-order valence-corrected chi connectivity index (χ1v) is 5.01. The summed E-state index contributed by atoms with van der Waals surface area (Å²) in [5.41, 5.74) is -0.299. The van der Waals surface area contributed by atoms with E-state index >= 15 is 0 Å². The maximum Gasteiger partial charge on any atom is 0.343 e. The maximum absolute atomic E-state index is 11.4. The minimum Gasteiger partial charge on any atom is -0.477 e. The van der Waals surface area contributed by atoms with Gasteiger partial charge in [-0.3, -0.25) is 4.79 Å². The minimum atomic E-state index is -1.19. The first kappa shape index (κ1) is 9.89. The summed E-state index contributed by atoms with van der Waals surface area (Å²) >= 11 is 0. The molecule has 80 valence electrons. The Morgan fingerprint density at radius 2 is 2.13 bits per heavy atom. The number of carbonyl (C=O) groups is 1. The van der Waals surface area contributed by atoms with Gasteiger partial charge in [-0.15, -0.1) is 0 Å². The summed E-state index contributed by atoms with van der Waals surface area (Å²) in [6.07, 6.45) is 5.30. The van der Waals surface area contributed by atoms with Crippen molar-refractivity contribution in [3.05, 3.63) is 27.9 Å². The molecule has 15 heavy (non-hydrogen) atoms. The number of carboxylic acid groups (broad SMARTS) is 1. The second-order valence-electron chi connectivity index (χ2n) is 3.78. The van der Waals surface area contributed by atoms with E-state index in [1.54, 1.807) is 0 Å². The molecule has 1 fully saturated rings. The van der Waals surface area contributed by atoms with Crippen LogP contribution in [0.2, 0.25) is 0 Å². The molecule has 0 saturated heterocycles. The van der Waals surface area contributed by atoms with Crippen LogP contribution in [0.4, 0.5) is 0 Å². The number of nitrogens with one attached hydrogen (secondary N) is 1. The molecule has 0 spiro atoms. The summed E-state index contributed by atoms with van der Waals surface area (Å²) in [5.74, 6) is -1.05. The Kier molecular flexibility index (Phi) is 2.53. The van der Waals surface area contributed by atoms with E-state index in [9.17, 15) is 9.59 Å². The van der Waals surface area contributed by atoms with Gasteiger partial charge in [0.05, 0.1) is 12.0 Å². The summed E-state index contributed by atoms with van der Waals surface area (Å²) < 4.78 is 0. The van der Waals surface area contributed by atoms with Crippen LogP contribution in [0.15, 0.2) is 11.1 Å². The van der Waals surface area contributed by atoms with Gasteiger partial charge in [0.25, 0.3) is 5.56 Å². The number of aromatic amines is 1. The molecule has 5 nitrogen and oxygen atoms in total. The second-order valence-corrected chi connectivity index (χ2v) is 3.78. The Hall–Kier alpha value is -1.65. The van der Waals surface area contributed by atoms with Gasteiger partial charge >= 0.3 is 5.97 Å². The molecule has 1 heterocycles. The van der Waals surface area contributed by atoms with E-state index in [1.165, 1.54) is 6.33 Å². The molecule has 0 bridgehead atoms. The minimum absolute atomic E-state index is 0.137. The largest absolute Gasteiger partial charge is 0.477 e. The normalized spacial score (nSPS) is 16.8. The van der Waals surface area contributed by atoms with E-state index in [-0.39, 0.29) is 11.5 Å². The van der Waals surface area contributed by atoms with E-state index in [4.69, 9.17) is 5.11 Å². The Morgan fingerprint density at radius 3 is 2.73 bits per heavy atom. The van der Waals surface area contributed by atoms with Gasteiger partial charge in [0, 0.05) is 5.92 Å². The van der Waals surface area contributed by atoms with Crippen molar-refractivity contribution in [1.82, 2.24) is 9.97 Å². The fourth-order valence-electron chi connectivity index (χ4n) is 2.13. The van der Waals surface area contributed by atoms with Gasteiger partial charge < -0.3 is 10.1 Å². The monoisotopic (exact) mass is 208 g/mol. The number of rotatable bonds is 2. The Morgan fingerprint density at radius 1 is 1.47 bits per heavy atom. The molecule has 5 heteroatoms. The lowest BCUT2D eigenvalue weighted by Gasteiger charge is -2.09. The Balaban J connectivity index is 2.50. The molecule has 1 aromatic rings. The lowest BCUT2D eigenvalue weighted by atomic mass is 9.99. The number of hydrogen-bond donors (Lipinski definition) is 2. The van der Waals surface area contributed by atoms with Crippen LogP contribution in [0.3, 0.4) is 0 Å². The molecule has 1 aliphatic rings. The first-order chi connectivity index (χ1) is 7.20. The van der Waals surface area contributed by atoms with Crippen molar-refractivity contribution in [2.75, 3.05) is 0 Å². The van der Waals surface area contributed by atoms with Gasteiger partial charge in [0.1, 0.15) is 5.56 Å². The molecular weight excluding hydrogens is 196 g/mol. The molecule has 0 aromatic carbocycles. The van der Waals surface area contributed by atoms with Crippen molar-refractivity contribution >= 4 is 5.97 Å². The molecule has 2 rings (SSSR count). The summed E-state index contributed by atoms with van der Waals surface area (Å²) in [5, 5.41) is 8.95. The number of H-pyrrole nitrogens is 1. The van der Waals surface area contributed by atoms with Gasteiger partial charge in [-0.25, -0.2) is 9.78 Å². The third-order valence-electron chi connectivity index (χ3n) is 2.84. The van der Waals surface area contributed by atoms with Crippen LogP contribution in [-0.2, 0) is 0 Å². The molecule has 1 aliphatic carbocycles. The molecular formula is C10H12N2O3. The third kappa shape index (κ3) is 1.77. The van der Waals surface area contributed by atoms with Crippen molar-refractivity contribution in [3.8, 4) is 0 Å². The van der Waals surface area contributed by atoms with Crippen LogP contribution in [0.1, 0.15) is 47.7 Å². The predicted octanol–water partition coefficient (Wildman–Crippen LogP) is 1.13. The van der Waals surface area contributed by atoms with Gasteiger partial charge in [-0.1, -0.05) is 12.8 Å². The number of nitrogens with zero attached hydrogens (tertiary/aromatic N) is 1. The molecule has 1 saturated carbocycles. The predicted molar refractivity (Wildman–Crippen MR) is 53.0 cm³/mol. The van der Waals surface area contributed by atoms with Gasteiger partial charge in [0.15, 0.2) is 0 Å². The fourth-order valence-corrected chi connectivity index (χ4v) is 2.13. The zero-order valence-electron chi connectivity index (χ0n) is 8.19. The molecule has 0 atom stereocenters. The summed E-state index contributed by atoms with van der Waals surface area (Å²) in [4.78, 5) is 28.6. The van der Waals surface area contributed by atoms with Crippen molar-refractivity contribution in [1.29, 1.82) is 0 Å². The standard InChI is InChI=1S/C10H12N2O3/c13-9-7(10(14)15)8(11-5-12-9)6-3-1-2-4-6/h5-6H,1-4H2,(H,14,15)(H,11,12,13). The van der Waals surface area contributed by atoms with Gasteiger partial charge in [0.2, 0.25) is 0 Å². The second kappa shape index (κ2) is 3.84. The third-order valence-corrected chi connectivity index (χ3v) is 2.84. The molecule has 0 aliphatic heterocycles. The van der Waals surface area contributed by atoms with Crippen LogP contribution in [0, 0.1) is 0 Å². The number of hydrogen-bond acceptors (Lipinski definition) is 3. The molecule has 1 aromatic heterocycles. The SMILES string of the molecule is O=C(O)c1c(C2CCCC2)nc[nH]c1=O. The van der Waals surface area contributed by atoms with Crippen LogP contribution < -0.4 is 5.56 Å².